The fourth-order valence-electron chi connectivity index (χ4n) is 2.70. The van der Waals surface area contributed by atoms with E-state index in [9.17, 15) is 8.42 Å². The van der Waals surface area contributed by atoms with Crippen molar-refractivity contribution in [1.82, 2.24) is 14.3 Å². The number of nitrogens with one attached hydrogen (secondary N) is 2. The minimum atomic E-state index is -3.39. The van der Waals surface area contributed by atoms with Crippen molar-refractivity contribution >= 4 is 10.2 Å². The van der Waals surface area contributed by atoms with E-state index in [4.69, 9.17) is 0 Å². The number of fused-ring (bicyclic) bond motifs is 1. The van der Waals surface area contributed by atoms with Gasteiger partial charge in [-0.25, -0.2) is 0 Å². The van der Waals surface area contributed by atoms with E-state index in [2.05, 4.69) is 22.2 Å². The molecule has 118 valence electrons. The van der Waals surface area contributed by atoms with Crippen LogP contribution in [0.4, 0.5) is 0 Å². The molecule has 1 aliphatic rings. The van der Waals surface area contributed by atoms with Crippen LogP contribution in [0.15, 0.2) is 24.3 Å². The SMILES string of the molecule is CNCCCN(C)S(=O)(=O)NC1CCc2ccccc2C1. The summed E-state index contributed by atoms with van der Waals surface area (Å²) in [4.78, 5) is 0. The second-order valence-electron chi connectivity index (χ2n) is 5.61. The Bertz CT molecular complexity index is 560. The molecule has 0 aromatic heterocycles. The van der Waals surface area contributed by atoms with Crippen LogP contribution in [-0.4, -0.2) is 45.9 Å². The zero-order chi connectivity index (χ0) is 15.3. The van der Waals surface area contributed by atoms with Gasteiger partial charge in [0.15, 0.2) is 0 Å². The molecule has 1 atom stereocenters. The molecule has 0 radical (unpaired) electrons. The highest BCUT2D eigenvalue weighted by Crippen LogP contribution is 2.21. The molecule has 2 rings (SSSR count). The largest absolute Gasteiger partial charge is 0.320 e. The van der Waals surface area contributed by atoms with Crippen LogP contribution in [-0.2, 0) is 23.1 Å². The van der Waals surface area contributed by atoms with E-state index in [1.165, 1.54) is 15.4 Å². The Morgan fingerprint density at radius 1 is 1.29 bits per heavy atom. The standard InChI is InChI=1S/C15H25N3O2S/c1-16-10-5-11-18(2)21(19,20)17-15-9-8-13-6-3-4-7-14(13)12-15/h3-4,6-7,15-17H,5,8-12H2,1-2H3. The molecule has 1 aliphatic carbocycles. The van der Waals surface area contributed by atoms with Crippen LogP contribution in [0.1, 0.15) is 24.0 Å². The molecule has 1 aromatic rings. The van der Waals surface area contributed by atoms with Crippen molar-refractivity contribution in [2.45, 2.75) is 31.7 Å². The highest BCUT2D eigenvalue weighted by atomic mass is 32.2. The van der Waals surface area contributed by atoms with Crippen molar-refractivity contribution in [3.05, 3.63) is 35.4 Å². The highest BCUT2D eigenvalue weighted by Gasteiger charge is 2.25. The first-order chi connectivity index (χ1) is 10.0. The van der Waals surface area contributed by atoms with E-state index in [1.807, 2.05) is 19.2 Å². The van der Waals surface area contributed by atoms with Crippen LogP contribution in [0.25, 0.3) is 0 Å². The molecule has 6 heteroatoms. The summed E-state index contributed by atoms with van der Waals surface area (Å²) in [6, 6.07) is 8.27. The van der Waals surface area contributed by atoms with E-state index in [1.54, 1.807) is 7.05 Å². The van der Waals surface area contributed by atoms with Crippen LogP contribution in [0.3, 0.4) is 0 Å². The molecule has 5 nitrogen and oxygen atoms in total. The summed E-state index contributed by atoms with van der Waals surface area (Å²) in [5.74, 6) is 0. The molecule has 0 bridgehead atoms. The zero-order valence-corrected chi connectivity index (χ0v) is 13.6. The Morgan fingerprint density at radius 2 is 2.00 bits per heavy atom. The first kappa shape index (κ1) is 16.4. The number of rotatable bonds is 7. The third-order valence-corrected chi connectivity index (χ3v) is 5.61. The number of benzene rings is 1. The van der Waals surface area contributed by atoms with Crippen molar-refractivity contribution in [2.24, 2.45) is 0 Å². The van der Waals surface area contributed by atoms with Gasteiger partial charge < -0.3 is 5.32 Å². The molecule has 0 heterocycles. The predicted octanol–water partition coefficient (Wildman–Crippen LogP) is 0.920. The maximum Gasteiger partial charge on any atom is 0.279 e. The quantitative estimate of drug-likeness (QED) is 0.736. The second kappa shape index (κ2) is 7.35. The number of hydrogen-bond donors (Lipinski definition) is 2. The van der Waals surface area contributed by atoms with Gasteiger partial charge in [0.25, 0.3) is 10.2 Å². The number of nitrogens with zero attached hydrogens (tertiary/aromatic N) is 1. The molecule has 1 aromatic carbocycles. The van der Waals surface area contributed by atoms with Crippen LogP contribution < -0.4 is 10.0 Å². The molecule has 0 amide bonds. The molecule has 0 aliphatic heterocycles. The zero-order valence-electron chi connectivity index (χ0n) is 12.8. The number of aryl methyl sites for hydroxylation is 1. The maximum absolute atomic E-state index is 12.3. The topological polar surface area (TPSA) is 61.4 Å². The Hall–Kier alpha value is -0.950. The maximum atomic E-state index is 12.3. The average Bonchev–Trinajstić information content (AvgIpc) is 2.47. The van der Waals surface area contributed by atoms with Crippen molar-refractivity contribution in [3.63, 3.8) is 0 Å². The summed E-state index contributed by atoms with van der Waals surface area (Å²) in [5.41, 5.74) is 2.60. The summed E-state index contributed by atoms with van der Waals surface area (Å²) in [6.45, 7) is 1.34. The van der Waals surface area contributed by atoms with E-state index in [-0.39, 0.29) is 6.04 Å². The van der Waals surface area contributed by atoms with Crippen molar-refractivity contribution in [3.8, 4) is 0 Å². The Labute approximate surface area is 127 Å². The van der Waals surface area contributed by atoms with Gasteiger partial charge in [0.2, 0.25) is 0 Å². The smallest absolute Gasteiger partial charge is 0.279 e. The molecule has 0 spiro atoms. The van der Waals surface area contributed by atoms with E-state index < -0.39 is 10.2 Å². The molecule has 2 N–H and O–H groups in total. The first-order valence-corrected chi connectivity index (χ1v) is 8.92. The predicted molar refractivity (Wildman–Crippen MR) is 85.5 cm³/mol. The minimum Gasteiger partial charge on any atom is -0.320 e. The Balaban J connectivity index is 1.92. The number of hydrogen-bond acceptors (Lipinski definition) is 3. The Morgan fingerprint density at radius 3 is 2.71 bits per heavy atom. The molecular formula is C15H25N3O2S. The van der Waals surface area contributed by atoms with Gasteiger partial charge in [0.05, 0.1) is 0 Å². The fourth-order valence-corrected chi connectivity index (χ4v) is 3.87. The van der Waals surface area contributed by atoms with Gasteiger partial charge in [-0.2, -0.15) is 17.4 Å². The van der Waals surface area contributed by atoms with Crippen LogP contribution >= 0.6 is 0 Å². The lowest BCUT2D eigenvalue weighted by Crippen LogP contribution is -2.46. The molecule has 0 saturated heterocycles. The van der Waals surface area contributed by atoms with Crippen LogP contribution in [0, 0.1) is 0 Å². The lowest BCUT2D eigenvalue weighted by Gasteiger charge is -2.27. The molecule has 0 fully saturated rings. The summed E-state index contributed by atoms with van der Waals surface area (Å²) < 4.78 is 28.8. The molecule has 0 saturated carbocycles. The highest BCUT2D eigenvalue weighted by molar-refractivity contribution is 7.87. The van der Waals surface area contributed by atoms with Gasteiger partial charge in [-0.05, 0) is 50.4 Å². The molecule has 1 unspecified atom stereocenters. The lowest BCUT2D eigenvalue weighted by atomic mass is 9.89. The Kier molecular flexibility index (Phi) is 5.75. The fraction of sp³-hybridized carbons (Fsp3) is 0.600. The molecule has 21 heavy (non-hydrogen) atoms. The average molecular weight is 311 g/mol. The summed E-state index contributed by atoms with van der Waals surface area (Å²) >= 11 is 0. The summed E-state index contributed by atoms with van der Waals surface area (Å²) in [5, 5.41) is 3.02. The third kappa shape index (κ3) is 4.51. The van der Waals surface area contributed by atoms with Gasteiger partial charge in [-0.15, -0.1) is 0 Å². The van der Waals surface area contributed by atoms with Crippen molar-refractivity contribution in [1.29, 1.82) is 0 Å². The van der Waals surface area contributed by atoms with Crippen LogP contribution in [0.5, 0.6) is 0 Å². The normalized spacial score (nSPS) is 18.7. The third-order valence-electron chi connectivity index (χ3n) is 3.97. The van der Waals surface area contributed by atoms with E-state index in [0.29, 0.717) is 6.54 Å². The monoisotopic (exact) mass is 311 g/mol. The van der Waals surface area contributed by atoms with Gasteiger partial charge in [-0.3, -0.25) is 0 Å². The minimum absolute atomic E-state index is 0.00310. The van der Waals surface area contributed by atoms with E-state index >= 15 is 0 Å². The van der Waals surface area contributed by atoms with Gasteiger partial charge in [0, 0.05) is 19.6 Å². The van der Waals surface area contributed by atoms with E-state index in [0.717, 1.165) is 32.2 Å². The second-order valence-corrected chi connectivity index (χ2v) is 7.42. The lowest BCUT2D eigenvalue weighted by molar-refractivity contribution is 0.428. The van der Waals surface area contributed by atoms with Gasteiger partial charge in [0.1, 0.15) is 0 Å². The van der Waals surface area contributed by atoms with Crippen LogP contribution in [0.2, 0.25) is 0 Å². The van der Waals surface area contributed by atoms with Crippen molar-refractivity contribution in [2.75, 3.05) is 27.2 Å². The first-order valence-electron chi connectivity index (χ1n) is 7.48. The van der Waals surface area contributed by atoms with Gasteiger partial charge >= 0.3 is 0 Å². The summed E-state index contributed by atoms with van der Waals surface area (Å²) in [7, 11) is 0.114. The summed E-state index contributed by atoms with van der Waals surface area (Å²) in [6.07, 6.45) is 3.38. The van der Waals surface area contributed by atoms with Gasteiger partial charge in [-0.1, -0.05) is 24.3 Å². The van der Waals surface area contributed by atoms with Crippen molar-refractivity contribution < 1.29 is 8.42 Å². The molecular weight excluding hydrogens is 286 g/mol.